The lowest BCUT2D eigenvalue weighted by Crippen LogP contribution is -2.14. The molecule has 0 aliphatic carbocycles. The summed E-state index contributed by atoms with van der Waals surface area (Å²) in [6.07, 6.45) is 3.28. The summed E-state index contributed by atoms with van der Waals surface area (Å²) < 4.78 is 81.3. The van der Waals surface area contributed by atoms with Gasteiger partial charge in [-0.3, -0.25) is 0 Å². The maximum absolute atomic E-state index is 14.2. The molecule has 5 nitrogen and oxygen atoms in total. The topological polar surface area (TPSA) is 57.0 Å². The van der Waals surface area contributed by atoms with Crippen LogP contribution in [-0.4, -0.2) is 14.9 Å². The molecule has 35 heavy (non-hydrogen) atoms. The second-order valence-corrected chi connectivity index (χ2v) is 7.51. The summed E-state index contributed by atoms with van der Waals surface area (Å²) in [4.78, 5) is 0. The molecule has 4 aromatic rings. The number of nitrogens with zero attached hydrogens (tertiary/aromatic N) is 3. The predicted octanol–water partition coefficient (Wildman–Crippen LogP) is 7.95. The largest absolute Gasteiger partial charge is 0.472 e. The quantitative estimate of drug-likeness (QED) is 0.196. The summed E-state index contributed by atoms with van der Waals surface area (Å²) in [6, 6.07) is 5.98. The molecule has 3 aromatic heterocycles. The highest BCUT2D eigenvalue weighted by Crippen LogP contribution is 2.45. The number of halogens is 6. The molecule has 0 amide bonds. The first-order valence-electron chi connectivity index (χ1n) is 9.99. The third kappa shape index (κ3) is 4.69. The standard InChI is InChI=1S/C24H15ClF5N3O2/c1-2-3-7-19(25)17(11-26)21-20(14-8-9-34-13-14)22(35-32-21)18-12-31-33(23(18)24(28,29)30)16-6-4-5-15(27)10-16/h2-13H,1H3/b3-2-,17-11-,19-7+. The fourth-order valence-corrected chi connectivity index (χ4v) is 3.61. The van der Waals surface area contributed by atoms with Crippen molar-refractivity contribution in [1.29, 1.82) is 0 Å². The number of furan rings is 1. The average Bonchev–Trinajstić information content (AvgIpc) is 3.56. The Morgan fingerprint density at radius 2 is 2.00 bits per heavy atom. The molecule has 0 radical (unpaired) electrons. The number of allylic oxidation sites excluding steroid dienone is 5. The molecule has 0 aliphatic heterocycles. The number of alkyl halides is 3. The van der Waals surface area contributed by atoms with E-state index in [2.05, 4.69) is 10.3 Å². The number of aromatic nitrogens is 3. The second kappa shape index (κ2) is 9.75. The lowest BCUT2D eigenvalue weighted by molar-refractivity contribution is -0.142. The van der Waals surface area contributed by atoms with Gasteiger partial charge in [0.25, 0.3) is 0 Å². The van der Waals surface area contributed by atoms with E-state index < -0.39 is 23.3 Å². The summed E-state index contributed by atoms with van der Waals surface area (Å²) in [6.45, 7) is 1.72. The van der Waals surface area contributed by atoms with E-state index in [0.717, 1.165) is 18.3 Å². The Bertz CT molecular complexity index is 1430. The SMILES string of the molecule is C\C=C/C=C(Cl)\C(=C\F)c1noc(-c2cnn(-c3cccc(F)c3)c2C(F)(F)F)c1-c1ccoc1. The highest BCUT2D eigenvalue weighted by Gasteiger charge is 2.41. The van der Waals surface area contributed by atoms with Crippen LogP contribution in [0.4, 0.5) is 22.0 Å². The van der Waals surface area contributed by atoms with Crippen LogP contribution in [0.15, 0.2) is 87.6 Å². The second-order valence-electron chi connectivity index (χ2n) is 7.11. The number of hydrogen-bond acceptors (Lipinski definition) is 4. The number of rotatable bonds is 6. The number of hydrogen-bond donors (Lipinski definition) is 0. The molecule has 0 aliphatic rings. The monoisotopic (exact) mass is 507 g/mol. The van der Waals surface area contributed by atoms with Crippen LogP contribution in [0.5, 0.6) is 0 Å². The van der Waals surface area contributed by atoms with E-state index in [4.69, 9.17) is 20.5 Å². The Hall–Kier alpha value is -3.92. The Labute approximate surface area is 200 Å². The van der Waals surface area contributed by atoms with Crippen LogP contribution < -0.4 is 0 Å². The van der Waals surface area contributed by atoms with Gasteiger partial charge in [0, 0.05) is 5.56 Å². The van der Waals surface area contributed by atoms with Crippen LogP contribution in [0, 0.1) is 5.82 Å². The van der Waals surface area contributed by atoms with Gasteiger partial charge in [-0.05, 0) is 37.3 Å². The van der Waals surface area contributed by atoms with Crippen molar-refractivity contribution in [2.24, 2.45) is 0 Å². The van der Waals surface area contributed by atoms with E-state index in [0.29, 0.717) is 4.68 Å². The minimum absolute atomic E-state index is 0.000953. The van der Waals surface area contributed by atoms with Crippen LogP contribution in [-0.2, 0) is 6.18 Å². The summed E-state index contributed by atoms with van der Waals surface area (Å²) >= 11 is 6.22. The van der Waals surface area contributed by atoms with Gasteiger partial charge in [0.1, 0.15) is 11.5 Å². The van der Waals surface area contributed by atoms with Crippen molar-refractivity contribution >= 4 is 17.2 Å². The van der Waals surface area contributed by atoms with Crippen molar-refractivity contribution in [2.45, 2.75) is 13.1 Å². The molecule has 1 aromatic carbocycles. The molecule has 0 bridgehead atoms. The van der Waals surface area contributed by atoms with Crippen LogP contribution in [0.2, 0.25) is 0 Å². The maximum Gasteiger partial charge on any atom is 0.434 e. The van der Waals surface area contributed by atoms with Crippen molar-refractivity contribution in [2.75, 3.05) is 0 Å². The Kier molecular flexibility index (Phi) is 6.74. The Morgan fingerprint density at radius 1 is 1.20 bits per heavy atom. The highest BCUT2D eigenvalue weighted by atomic mass is 35.5. The smallest absolute Gasteiger partial charge is 0.434 e. The van der Waals surface area contributed by atoms with Gasteiger partial charge in [0.05, 0.1) is 52.5 Å². The molecule has 3 heterocycles. The fourth-order valence-electron chi connectivity index (χ4n) is 3.41. The zero-order valence-corrected chi connectivity index (χ0v) is 18.6. The van der Waals surface area contributed by atoms with Crippen LogP contribution in [0.1, 0.15) is 18.3 Å². The third-order valence-electron chi connectivity index (χ3n) is 4.89. The Balaban J connectivity index is 1.99. The van der Waals surface area contributed by atoms with Gasteiger partial charge in [-0.25, -0.2) is 13.5 Å². The molecule has 0 fully saturated rings. The first-order valence-corrected chi connectivity index (χ1v) is 10.4. The molecular weight excluding hydrogens is 493 g/mol. The van der Waals surface area contributed by atoms with Crippen LogP contribution in [0.3, 0.4) is 0 Å². The van der Waals surface area contributed by atoms with Gasteiger partial charge >= 0.3 is 6.18 Å². The van der Waals surface area contributed by atoms with Crippen LogP contribution in [0.25, 0.3) is 33.7 Å². The lowest BCUT2D eigenvalue weighted by atomic mass is 9.98. The number of benzene rings is 1. The predicted molar refractivity (Wildman–Crippen MR) is 120 cm³/mol. The van der Waals surface area contributed by atoms with Crippen molar-refractivity contribution < 1.29 is 30.9 Å². The summed E-state index contributed by atoms with van der Waals surface area (Å²) in [5.74, 6) is -1.10. The molecule has 0 N–H and O–H groups in total. The van der Waals surface area contributed by atoms with E-state index in [1.807, 2.05) is 0 Å². The minimum atomic E-state index is -4.93. The minimum Gasteiger partial charge on any atom is -0.472 e. The summed E-state index contributed by atoms with van der Waals surface area (Å²) in [7, 11) is 0. The lowest BCUT2D eigenvalue weighted by Gasteiger charge is -2.12. The van der Waals surface area contributed by atoms with Crippen molar-refractivity contribution in [3.8, 4) is 28.1 Å². The van der Waals surface area contributed by atoms with Gasteiger partial charge in [-0.15, -0.1) is 0 Å². The average molecular weight is 508 g/mol. The van der Waals surface area contributed by atoms with Crippen molar-refractivity contribution in [1.82, 2.24) is 14.9 Å². The molecule has 0 unspecified atom stereocenters. The molecule has 4 rings (SSSR count). The fraction of sp³-hybridized carbons (Fsp3) is 0.0833. The van der Waals surface area contributed by atoms with E-state index >= 15 is 0 Å². The molecular formula is C24H15ClF5N3O2. The summed E-state index contributed by atoms with van der Waals surface area (Å²) in [5, 5.41) is 7.59. The first kappa shape index (κ1) is 24.2. The Morgan fingerprint density at radius 3 is 2.63 bits per heavy atom. The maximum atomic E-state index is 14.2. The van der Waals surface area contributed by atoms with E-state index in [1.165, 1.54) is 36.8 Å². The molecule has 0 saturated carbocycles. The molecule has 11 heteroatoms. The molecule has 0 saturated heterocycles. The van der Waals surface area contributed by atoms with Crippen molar-refractivity contribution in [3.63, 3.8) is 0 Å². The molecule has 180 valence electrons. The molecule has 0 atom stereocenters. The van der Waals surface area contributed by atoms with Gasteiger partial charge < -0.3 is 8.94 Å². The van der Waals surface area contributed by atoms with E-state index in [-0.39, 0.29) is 45.2 Å². The molecule has 0 spiro atoms. The van der Waals surface area contributed by atoms with Gasteiger partial charge in [-0.1, -0.05) is 35.0 Å². The zero-order valence-electron chi connectivity index (χ0n) is 17.9. The van der Waals surface area contributed by atoms with E-state index in [1.54, 1.807) is 19.1 Å². The van der Waals surface area contributed by atoms with Gasteiger partial charge in [0.15, 0.2) is 11.5 Å². The van der Waals surface area contributed by atoms with Gasteiger partial charge in [0.2, 0.25) is 0 Å². The van der Waals surface area contributed by atoms with Crippen LogP contribution >= 0.6 is 11.6 Å². The van der Waals surface area contributed by atoms with E-state index in [9.17, 15) is 22.0 Å². The van der Waals surface area contributed by atoms with Gasteiger partial charge in [-0.2, -0.15) is 18.3 Å². The zero-order chi connectivity index (χ0) is 25.2. The third-order valence-corrected chi connectivity index (χ3v) is 5.22. The van der Waals surface area contributed by atoms with Crippen molar-refractivity contribution in [3.05, 3.63) is 95.9 Å². The first-order chi connectivity index (χ1) is 16.8. The highest BCUT2D eigenvalue weighted by molar-refractivity contribution is 6.37. The summed E-state index contributed by atoms with van der Waals surface area (Å²) in [5.41, 5.74) is -2.00. The normalized spacial score (nSPS) is 13.2.